The summed E-state index contributed by atoms with van der Waals surface area (Å²) in [5, 5.41) is 0. The molecular weight excluding hydrogens is 349 g/mol. The molecule has 0 N–H and O–H groups in total. The molecule has 2 saturated heterocycles. The van der Waals surface area contributed by atoms with Crippen molar-refractivity contribution in [3.63, 3.8) is 0 Å². The van der Waals surface area contributed by atoms with Crippen LogP contribution in [0.2, 0.25) is 0 Å². The third kappa shape index (κ3) is 3.85. The number of aromatic nitrogens is 2. The number of morpholine rings is 1. The van der Waals surface area contributed by atoms with Crippen molar-refractivity contribution in [3.05, 3.63) is 47.9 Å². The zero-order chi connectivity index (χ0) is 18.6. The molecule has 0 aliphatic carbocycles. The van der Waals surface area contributed by atoms with Gasteiger partial charge >= 0.3 is 0 Å². The summed E-state index contributed by atoms with van der Waals surface area (Å²) >= 11 is 0. The molecule has 27 heavy (non-hydrogen) atoms. The molecule has 7 nitrogen and oxygen atoms in total. The van der Waals surface area contributed by atoms with Crippen molar-refractivity contribution in [3.8, 4) is 0 Å². The average molecular weight is 371 g/mol. The van der Waals surface area contributed by atoms with Crippen LogP contribution in [0.1, 0.15) is 10.4 Å². The number of carbonyl (C=O) groups is 1. The Bertz CT molecular complexity index is 804. The van der Waals surface area contributed by atoms with Crippen LogP contribution in [0.3, 0.4) is 0 Å². The van der Waals surface area contributed by atoms with Crippen LogP contribution in [0.5, 0.6) is 0 Å². The van der Waals surface area contributed by atoms with E-state index in [4.69, 9.17) is 4.74 Å². The van der Waals surface area contributed by atoms with Gasteiger partial charge in [0.2, 0.25) is 5.95 Å². The number of rotatable bonds is 3. The monoisotopic (exact) mass is 371 g/mol. The van der Waals surface area contributed by atoms with Crippen molar-refractivity contribution >= 4 is 17.7 Å². The predicted molar refractivity (Wildman–Crippen MR) is 99.6 cm³/mol. The maximum absolute atomic E-state index is 13.9. The first-order chi connectivity index (χ1) is 13.2. The molecule has 0 spiro atoms. The second-order valence-electron chi connectivity index (χ2n) is 6.57. The van der Waals surface area contributed by atoms with Crippen LogP contribution in [-0.2, 0) is 4.74 Å². The van der Waals surface area contributed by atoms with Crippen molar-refractivity contribution in [1.82, 2.24) is 14.9 Å². The van der Waals surface area contributed by atoms with Crippen molar-refractivity contribution in [2.24, 2.45) is 0 Å². The Hall–Kier alpha value is -2.74. The minimum atomic E-state index is -0.476. The first-order valence-corrected chi connectivity index (χ1v) is 9.17. The zero-order valence-corrected chi connectivity index (χ0v) is 15.1. The van der Waals surface area contributed by atoms with E-state index in [1.165, 1.54) is 12.1 Å². The molecule has 1 aromatic heterocycles. The Morgan fingerprint density at radius 2 is 1.70 bits per heavy atom. The molecule has 8 heteroatoms. The Kier molecular flexibility index (Phi) is 5.15. The van der Waals surface area contributed by atoms with Gasteiger partial charge in [-0.25, -0.2) is 9.37 Å². The lowest BCUT2D eigenvalue weighted by Gasteiger charge is -2.36. The van der Waals surface area contributed by atoms with E-state index in [1.54, 1.807) is 23.2 Å². The van der Waals surface area contributed by atoms with Gasteiger partial charge in [0, 0.05) is 45.5 Å². The van der Waals surface area contributed by atoms with Gasteiger partial charge in [-0.2, -0.15) is 4.98 Å². The summed E-state index contributed by atoms with van der Waals surface area (Å²) in [7, 11) is 0. The summed E-state index contributed by atoms with van der Waals surface area (Å²) in [6.45, 7) is 5.31. The van der Waals surface area contributed by atoms with E-state index < -0.39 is 5.82 Å². The molecule has 0 saturated carbocycles. The van der Waals surface area contributed by atoms with Gasteiger partial charge in [0.1, 0.15) is 11.6 Å². The lowest BCUT2D eigenvalue weighted by molar-refractivity contribution is 0.0742. The molecular formula is C19H22FN5O2. The second-order valence-corrected chi connectivity index (χ2v) is 6.57. The molecule has 1 aromatic carbocycles. The van der Waals surface area contributed by atoms with Crippen LogP contribution < -0.4 is 9.80 Å². The molecule has 2 aliphatic rings. The van der Waals surface area contributed by atoms with Crippen LogP contribution >= 0.6 is 0 Å². The quantitative estimate of drug-likeness (QED) is 0.813. The normalized spacial score (nSPS) is 17.9. The maximum atomic E-state index is 13.9. The van der Waals surface area contributed by atoms with Gasteiger partial charge in [-0.3, -0.25) is 4.79 Å². The Labute approximate surface area is 157 Å². The number of piperazine rings is 1. The fourth-order valence-electron chi connectivity index (χ4n) is 3.37. The highest BCUT2D eigenvalue weighted by molar-refractivity contribution is 5.94. The van der Waals surface area contributed by atoms with Crippen molar-refractivity contribution in [2.75, 3.05) is 62.3 Å². The van der Waals surface area contributed by atoms with Crippen LogP contribution in [0.25, 0.3) is 0 Å². The molecule has 0 atom stereocenters. The number of benzene rings is 1. The van der Waals surface area contributed by atoms with Gasteiger partial charge in [-0.05, 0) is 18.2 Å². The summed E-state index contributed by atoms with van der Waals surface area (Å²) in [6, 6.07) is 8.00. The van der Waals surface area contributed by atoms with Crippen LogP contribution in [0, 0.1) is 5.82 Å². The van der Waals surface area contributed by atoms with Gasteiger partial charge in [-0.15, -0.1) is 0 Å². The Morgan fingerprint density at radius 1 is 0.963 bits per heavy atom. The summed E-state index contributed by atoms with van der Waals surface area (Å²) in [6.07, 6.45) is 1.77. The molecule has 0 unspecified atom stereocenters. The Morgan fingerprint density at radius 3 is 2.44 bits per heavy atom. The van der Waals surface area contributed by atoms with Gasteiger partial charge in [0.05, 0.1) is 18.8 Å². The Balaban J connectivity index is 1.40. The van der Waals surface area contributed by atoms with E-state index in [0.717, 1.165) is 18.9 Å². The molecule has 142 valence electrons. The lowest BCUT2D eigenvalue weighted by atomic mass is 10.1. The predicted octanol–water partition coefficient (Wildman–Crippen LogP) is 1.41. The van der Waals surface area contributed by atoms with Gasteiger partial charge < -0.3 is 19.4 Å². The van der Waals surface area contributed by atoms with Crippen molar-refractivity contribution in [2.45, 2.75) is 0 Å². The van der Waals surface area contributed by atoms with E-state index in [-0.39, 0.29) is 11.5 Å². The second kappa shape index (κ2) is 7.87. The molecule has 4 rings (SSSR count). The first-order valence-electron chi connectivity index (χ1n) is 9.17. The zero-order valence-electron chi connectivity index (χ0n) is 15.1. The molecule has 2 aliphatic heterocycles. The minimum Gasteiger partial charge on any atom is -0.378 e. The topological polar surface area (TPSA) is 61.8 Å². The third-order valence-electron chi connectivity index (χ3n) is 4.92. The van der Waals surface area contributed by atoms with E-state index in [1.807, 2.05) is 6.07 Å². The van der Waals surface area contributed by atoms with Crippen LogP contribution in [0.15, 0.2) is 36.5 Å². The molecule has 1 amide bonds. The molecule has 0 bridgehead atoms. The van der Waals surface area contributed by atoms with E-state index in [2.05, 4.69) is 19.8 Å². The highest BCUT2D eigenvalue weighted by atomic mass is 19.1. The van der Waals surface area contributed by atoms with Crippen LogP contribution in [0.4, 0.5) is 16.2 Å². The number of amides is 1. The SMILES string of the molecule is O=C(c1ccccc1F)N1CCN(c2ccnc(N3CCOCC3)n2)CC1. The summed E-state index contributed by atoms with van der Waals surface area (Å²) < 4.78 is 19.2. The number of hydrogen-bond donors (Lipinski definition) is 0. The van der Waals surface area contributed by atoms with E-state index in [0.29, 0.717) is 45.3 Å². The van der Waals surface area contributed by atoms with Gasteiger partial charge in [-0.1, -0.05) is 12.1 Å². The molecule has 0 radical (unpaired) electrons. The minimum absolute atomic E-state index is 0.127. The van der Waals surface area contributed by atoms with E-state index >= 15 is 0 Å². The number of halogens is 1. The number of anilines is 2. The lowest BCUT2D eigenvalue weighted by Crippen LogP contribution is -2.49. The standard InChI is InChI=1S/C19H22FN5O2/c20-16-4-2-1-3-15(16)18(26)24-9-7-23(8-10-24)17-5-6-21-19(22-17)25-11-13-27-14-12-25/h1-6H,7-14H2. The fourth-order valence-corrected chi connectivity index (χ4v) is 3.37. The molecule has 2 fully saturated rings. The number of carbonyl (C=O) groups excluding carboxylic acids is 1. The molecule has 3 heterocycles. The highest BCUT2D eigenvalue weighted by Crippen LogP contribution is 2.19. The van der Waals surface area contributed by atoms with E-state index in [9.17, 15) is 9.18 Å². The van der Waals surface area contributed by atoms with Crippen molar-refractivity contribution in [1.29, 1.82) is 0 Å². The summed E-state index contributed by atoms with van der Waals surface area (Å²) in [5.74, 6) is 0.825. The third-order valence-corrected chi connectivity index (χ3v) is 4.92. The largest absolute Gasteiger partial charge is 0.378 e. The summed E-state index contributed by atoms with van der Waals surface area (Å²) in [5.41, 5.74) is 0.127. The smallest absolute Gasteiger partial charge is 0.256 e. The van der Waals surface area contributed by atoms with Gasteiger partial charge in [0.15, 0.2) is 0 Å². The number of nitrogens with zero attached hydrogens (tertiary/aromatic N) is 5. The summed E-state index contributed by atoms with van der Waals surface area (Å²) in [4.78, 5) is 27.6. The molecule has 2 aromatic rings. The maximum Gasteiger partial charge on any atom is 0.256 e. The number of hydrogen-bond acceptors (Lipinski definition) is 6. The van der Waals surface area contributed by atoms with Crippen molar-refractivity contribution < 1.29 is 13.9 Å². The first kappa shape index (κ1) is 17.7. The average Bonchev–Trinajstić information content (AvgIpc) is 2.74. The number of ether oxygens (including phenoxy) is 1. The highest BCUT2D eigenvalue weighted by Gasteiger charge is 2.25. The van der Waals surface area contributed by atoms with Gasteiger partial charge in [0.25, 0.3) is 5.91 Å². The fraction of sp³-hybridized carbons (Fsp3) is 0.421. The van der Waals surface area contributed by atoms with Crippen LogP contribution in [-0.4, -0.2) is 73.3 Å².